The molecule has 0 saturated heterocycles. The molecule has 0 aliphatic carbocycles. The number of aryl methyl sites for hydroxylation is 4. The molecule has 0 amide bonds. The van der Waals surface area contributed by atoms with Gasteiger partial charge >= 0.3 is 40.2 Å². The molecule has 0 N–H and O–H groups in total. The van der Waals surface area contributed by atoms with Crippen LogP contribution in [-0.4, -0.2) is 42.7 Å². The van der Waals surface area contributed by atoms with Crippen molar-refractivity contribution in [2.24, 2.45) is 0 Å². The zero-order valence-corrected chi connectivity index (χ0v) is 56.4. The van der Waals surface area contributed by atoms with Crippen LogP contribution in [0.3, 0.4) is 0 Å². The molecule has 0 saturated carbocycles. The third-order valence-corrected chi connectivity index (χ3v) is 17.3. The van der Waals surface area contributed by atoms with Crippen LogP contribution in [0.15, 0.2) is 256 Å². The zero-order valence-electron chi connectivity index (χ0n) is 51.6. The third-order valence-electron chi connectivity index (χ3n) is 17.3. The van der Waals surface area contributed by atoms with E-state index >= 15 is 0 Å². The van der Waals surface area contributed by atoms with Crippen LogP contribution < -0.4 is 9.80 Å². The van der Waals surface area contributed by atoms with Crippen LogP contribution in [0.2, 0.25) is 0 Å². The molecule has 8 nitrogen and oxygen atoms in total. The molecule has 0 radical (unpaired) electrons. The van der Waals surface area contributed by atoms with Gasteiger partial charge in [0.25, 0.3) is 0 Å². The minimum atomic E-state index is 0. The van der Waals surface area contributed by atoms with Crippen LogP contribution in [0.5, 0.6) is 0 Å². The Morgan fingerprint density at radius 1 is 0.348 bits per heavy atom. The van der Waals surface area contributed by atoms with E-state index < -0.39 is 0 Å². The van der Waals surface area contributed by atoms with E-state index in [0.717, 1.165) is 44.8 Å². The summed E-state index contributed by atoms with van der Waals surface area (Å²) in [6, 6.07) is 89.8. The second-order valence-electron chi connectivity index (χ2n) is 23.3. The van der Waals surface area contributed by atoms with E-state index in [-0.39, 0.29) is 40.2 Å². The number of pyridine rings is 2. The largest absolute Gasteiger partial charge is 3.00 e. The number of aromatic nitrogens is 4. The summed E-state index contributed by atoms with van der Waals surface area (Å²) in [5.41, 5.74) is 15.8. The summed E-state index contributed by atoms with van der Waals surface area (Å²) >= 11 is 0. The van der Waals surface area contributed by atoms with Gasteiger partial charge in [0.2, 0.25) is 0 Å². The van der Waals surface area contributed by atoms with Gasteiger partial charge in [-0.2, -0.15) is 74.0 Å². The number of nitrogens with zero attached hydrogens (tertiary/aromatic N) is 8. The molecule has 10 heteroatoms. The Morgan fingerprint density at radius 2 is 0.783 bits per heavy atom. The topological polar surface area (TPSA) is 47.6 Å². The molecule has 448 valence electrons. The van der Waals surface area contributed by atoms with Crippen LogP contribution in [0.25, 0.3) is 120 Å². The molecule has 0 fully saturated rings. The number of hydrogen-bond acceptors (Lipinski definition) is 6. The third kappa shape index (κ3) is 11.2. The van der Waals surface area contributed by atoms with Gasteiger partial charge in [-0.25, -0.2) is 0 Å². The molecular weight excluding hydrogens is 1480 g/mol. The smallest absolute Gasteiger partial charge is 0.510 e. The quantitative estimate of drug-likeness (QED) is 0.0994. The fourth-order valence-electron chi connectivity index (χ4n) is 13.1. The van der Waals surface area contributed by atoms with E-state index in [1.807, 2.05) is 132 Å². The Labute approximate surface area is 563 Å². The van der Waals surface area contributed by atoms with Crippen LogP contribution in [0.1, 0.15) is 22.3 Å². The SMILES string of the molecule is CN1C=CN(c2[c-]cccc2)[CH-]1.CN1C=CN(c2[c-]cccc2)[CH-]1.Cc1cccc(C)c1-c1cn2c3ccc4cc5ccccc5cc4c3c3ccc[c-]c3c2n1.Cc1cccc(C)c1-c1cn2c3ccc4ccc5ccccc5c4c3c3ccc[c-]c3c2n1.[Ir+3].[Ir+3]. The zero-order chi connectivity index (χ0) is 61.0. The average molecular weight is 1540 g/mol. The van der Waals surface area contributed by atoms with E-state index in [4.69, 9.17) is 9.97 Å². The van der Waals surface area contributed by atoms with Gasteiger partial charge in [-0.1, -0.05) is 120 Å². The Kier molecular flexibility index (Phi) is 17.1. The molecule has 12 aromatic carbocycles. The summed E-state index contributed by atoms with van der Waals surface area (Å²) in [5.74, 6) is 0. The van der Waals surface area contributed by atoms with E-state index in [1.165, 1.54) is 109 Å². The van der Waals surface area contributed by atoms with Gasteiger partial charge in [0.15, 0.2) is 0 Å². The Morgan fingerprint density at radius 3 is 1.29 bits per heavy atom. The normalized spacial score (nSPS) is 12.7. The predicted octanol–water partition coefficient (Wildman–Crippen LogP) is 19.7. The van der Waals surface area contributed by atoms with Crippen LogP contribution >= 0.6 is 0 Å². The summed E-state index contributed by atoms with van der Waals surface area (Å²) in [6.45, 7) is 12.7. The molecule has 16 aromatic rings. The minimum absolute atomic E-state index is 0. The molecule has 0 atom stereocenters. The first-order valence-corrected chi connectivity index (χ1v) is 30.4. The average Bonchev–Trinajstić information content (AvgIpc) is 1.29. The van der Waals surface area contributed by atoms with E-state index in [9.17, 15) is 0 Å². The summed E-state index contributed by atoms with van der Waals surface area (Å²) < 4.78 is 4.51. The fourth-order valence-corrected chi connectivity index (χ4v) is 13.1. The summed E-state index contributed by atoms with van der Waals surface area (Å²) in [7, 11) is 4.00. The summed E-state index contributed by atoms with van der Waals surface area (Å²) in [5, 5.41) is 17.1. The molecule has 2 aliphatic heterocycles. The van der Waals surface area contributed by atoms with E-state index in [2.05, 4.69) is 231 Å². The molecule has 0 bridgehead atoms. The van der Waals surface area contributed by atoms with Crippen molar-refractivity contribution in [3.63, 3.8) is 0 Å². The molecule has 0 unspecified atom stereocenters. The van der Waals surface area contributed by atoms with Gasteiger partial charge in [-0.3, -0.25) is 9.97 Å². The molecule has 6 heterocycles. The van der Waals surface area contributed by atoms with Crippen LogP contribution in [0, 0.1) is 65.3 Å². The van der Waals surface area contributed by atoms with Gasteiger partial charge < -0.3 is 28.4 Å². The first-order valence-electron chi connectivity index (χ1n) is 30.4. The Balaban J connectivity index is 0.000000122. The summed E-state index contributed by atoms with van der Waals surface area (Å²) in [4.78, 5) is 18.4. The number of imidazole rings is 2. The molecule has 4 aromatic heterocycles. The van der Waals surface area contributed by atoms with Crippen molar-refractivity contribution in [1.29, 1.82) is 0 Å². The predicted molar refractivity (Wildman–Crippen MR) is 376 cm³/mol. The van der Waals surface area contributed by atoms with Crippen molar-refractivity contribution in [2.75, 3.05) is 23.9 Å². The first kappa shape index (κ1) is 61.0. The minimum Gasteiger partial charge on any atom is -0.510 e. The molecule has 2 aliphatic rings. The van der Waals surface area contributed by atoms with Gasteiger partial charge in [-0.05, 0) is 167 Å². The molecular formula is C82H62Ir2N8. The number of fused-ring (bicyclic) bond motifs is 19. The van der Waals surface area contributed by atoms with E-state index in [0.29, 0.717) is 0 Å². The maximum absolute atomic E-state index is 5.16. The van der Waals surface area contributed by atoms with Crippen molar-refractivity contribution in [3.05, 3.63) is 315 Å². The number of para-hydroxylation sites is 2. The van der Waals surface area contributed by atoms with Gasteiger partial charge in [0, 0.05) is 34.6 Å². The Hall–Kier alpha value is -9.92. The van der Waals surface area contributed by atoms with Gasteiger partial charge in [0.05, 0.1) is 22.7 Å². The van der Waals surface area contributed by atoms with Crippen molar-refractivity contribution < 1.29 is 40.2 Å². The first-order chi connectivity index (χ1) is 44.1. The maximum atomic E-state index is 5.16. The Bertz CT molecular complexity index is 5390. The number of hydrogen-bond donors (Lipinski definition) is 0. The molecule has 0 spiro atoms. The van der Waals surface area contributed by atoms with Gasteiger partial charge in [-0.15, -0.1) is 70.7 Å². The van der Waals surface area contributed by atoms with Crippen LogP contribution in [-0.2, 0) is 40.2 Å². The number of anilines is 2. The number of rotatable bonds is 4. The van der Waals surface area contributed by atoms with Crippen molar-refractivity contribution in [2.45, 2.75) is 27.7 Å². The summed E-state index contributed by atoms with van der Waals surface area (Å²) in [6.07, 6.45) is 12.4. The standard InChI is InChI=1S/2C31H21N2.2C10H10N2.2Ir/c1-19-8-7-9-20(2)29(19)27-18-33-28-15-14-23-16-21-10-3-4-11-22(21)17-26(23)30(28)24-12-5-6-13-25(24)31(33)32-27;1-19-8-7-9-20(2)28(19)26-18-33-27-17-16-22-15-14-21-10-3-4-11-23(21)29(22)30(27)24-12-5-6-13-25(24)31(33)32-26;2*1-11-7-8-12(9-11)10-5-3-2-4-6-10;;/h2*3-12,14-18H,1-2H3;2*2-5,7-9H,1H3;;/q2*-1;2*-2;2*+3. The molecule has 18 rings (SSSR count). The second kappa shape index (κ2) is 25.8. The number of benzene rings is 12. The molecule has 92 heavy (non-hydrogen) atoms. The van der Waals surface area contributed by atoms with Crippen molar-refractivity contribution in [3.8, 4) is 22.5 Å². The van der Waals surface area contributed by atoms with Crippen LogP contribution in [0.4, 0.5) is 11.4 Å². The second-order valence-corrected chi connectivity index (χ2v) is 23.3. The van der Waals surface area contributed by atoms with Crippen molar-refractivity contribution in [1.82, 2.24) is 28.6 Å². The monoisotopic (exact) mass is 1540 g/mol. The fraction of sp³-hybridized carbons (Fsp3) is 0.0732. The van der Waals surface area contributed by atoms with E-state index in [1.54, 1.807) is 0 Å². The maximum Gasteiger partial charge on any atom is 3.00 e. The van der Waals surface area contributed by atoms with Crippen molar-refractivity contribution >= 4 is 109 Å². The van der Waals surface area contributed by atoms with Gasteiger partial charge in [0.1, 0.15) is 0 Å².